The zero-order valence-electron chi connectivity index (χ0n) is 11.8. The van der Waals surface area contributed by atoms with Crippen LogP contribution in [0.3, 0.4) is 0 Å². The molecular weight excluding hydrogens is 310 g/mol. The number of hydrogen-bond donors (Lipinski definition) is 4. The molecule has 0 amide bonds. The van der Waals surface area contributed by atoms with Gasteiger partial charge in [-0.05, 0) is 23.9 Å². The minimum absolute atomic E-state index is 0.00771. The summed E-state index contributed by atoms with van der Waals surface area (Å²) < 4.78 is 1.73. The molecule has 0 aliphatic heterocycles. The standard InChI is InChI=1S/C13H16ClN5O3/c1-15-10-6-11(18-12(14)17-10)19(4-16-6)7-5-2-13(5,3-20)9(22)8(7)21/h4-5,7-9,20-22H,2-3H2,1H3,(H,15,17,18). The van der Waals surface area contributed by atoms with Crippen LogP contribution in [0.2, 0.25) is 5.28 Å². The van der Waals surface area contributed by atoms with Gasteiger partial charge in [-0.3, -0.25) is 0 Å². The Bertz CT molecular complexity index is 753. The number of fused-ring (bicyclic) bond motifs is 2. The third-order valence-corrected chi connectivity index (χ3v) is 5.27. The molecule has 2 aliphatic carbocycles. The fourth-order valence-corrected chi connectivity index (χ4v) is 4.00. The van der Waals surface area contributed by atoms with Gasteiger partial charge in [-0.15, -0.1) is 0 Å². The van der Waals surface area contributed by atoms with E-state index >= 15 is 0 Å². The summed E-state index contributed by atoms with van der Waals surface area (Å²) in [7, 11) is 1.71. The van der Waals surface area contributed by atoms with Crippen molar-refractivity contribution in [1.82, 2.24) is 19.5 Å². The summed E-state index contributed by atoms with van der Waals surface area (Å²) in [6.45, 7) is -0.142. The van der Waals surface area contributed by atoms with Crippen LogP contribution in [0.25, 0.3) is 11.2 Å². The van der Waals surface area contributed by atoms with E-state index in [9.17, 15) is 15.3 Å². The Morgan fingerprint density at radius 3 is 2.86 bits per heavy atom. The van der Waals surface area contributed by atoms with E-state index in [1.54, 1.807) is 17.9 Å². The molecule has 8 nitrogen and oxygen atoms in total. The topological polar surface area (TPSA) is 116 Å². The predicted octanol–water partition coefficient (Wildman–Crippen LogP) is -0.204. The average molecular weight is 326 g/mol. The number of nitrogens with one attached hydrogen (secondary N) is 1. The first-order valence-corrected chi connectivity index (χ1v) is 7.46. The lowest BCUT2D eigenvalue weighted by Gasteiger charge is -2.23. The number of halogens is 1. The third kappa shape index (κ3) is 1.60. The maximum Gasteiger partial charge on any atom is 0.226 e. The van der Waals surface area contributed by atoms with Crippen LogP contribution in [-0.2, 0) is 0 Å². The summed E-state index contributed by atoms with van der Waals surface area (Å²) in [5.74, 6) is 0.498. The first-order valence-electron chi connectivity index (χ1n) is 7.08. The number of aliphatic hydroxyl groups is 3. The molecule has 0 bridgehead atoms. The van der Waals surface area contributed by atoms with Gasteiger partial charge in [0.2, 0.25) is 5.28 Å². The normalized spacial score (nSPS) is 36.6. The van der Waals surface area contributed by atoms with Crippen molar-refractivity contribution in [3.63, 3.8) is 0 Å². The Labute approximate surface area is 130 Å². The first kappa shape index (κ1) is 14.1. The van der Waals surface area contributed by atoms with E-state index in [1.165, 1.54) is 0 Å². The molecule has 2 heterocycles. The largest absolute Gasteiger partial charge is 0.396 e. The van der Waals surface area contributed by atoms with E-state index in [0.29, 0.717) is 23.4 Å². The fourth-order valence-electron chi connectivity index (χ4n) is 3.83. The molecular formula is C13H16ClN5O3. The Balaban J connectivity index is 1.84. The van der Waals surface area contributed by atoms with Gasteiger partial charge in [0.15, 0.2) is 17.0 Å². The lowest BCUT2D eigenvalue weighted by atomic mass is 10.0. The van der Waals surface area contributed by atoms with Crippen molar-refractivity contribution in [1.29, 1.82) is 0 Å². The van der Waals surface area contributed by atoms with E-state index in [0.717, 1.165) is 0 Å². The summed E-state index contributed by atoms with van der Waals surface area (Å²) in [6, 6.07) is -0.386. The maximum atomic E-state index is 10.4. The van der Waals surface area contributed by atoms with E-state index in [1.807, 2.05) is 0 Å². The molecule has 4 rings (SSSR count). The molecule has 2 aromatic heterocycles. The van der Waals surface area contributed by atoms with E-state index in [2.05, 4.69) is 20.3 Å². The van der Waals surface area contributed by atoms with Crippen molar-refractivity contribution in [2.75, 3.05) is 19.0 Å². The van der Waals surface area contributed by atoms with Gasteiger partial charge in [0, 0.05) is 12.5 Å². The monoisotopic (exact) mass is 325 g/mol. The van der Waals surface area contributed by atoms with Gasteiger partial charge in [0.05, 0.1) is 25.1 Å². The van der Waals surface area contributed by atoms with E-state index in [-0.39, 0.29) is 23.9 Å². The van der Waals surface area contributed by atoms with Crippen molar-refractivity contribution in [3.05, 3.63) is 11.6 Å². The van der Waals surface area contributed by atoms with Gasteiger partial charge in [0.1, 0.15) is 6.10 Å². The van der Waals surface area contributed by atoms with Crippen molar-refractivity contribution in [2.24, 2.45) is 11.3 Å². The molecule has 118 valence electrons. The van der Waals surface area contributed by atoms with E-state index in [4.69, 9.17) is 11.6 Å². The minimum atomic E-state index is -0.977. The second kappa shape index (κ2) is 4.51. The highest BCUT2D eigenvalue weighted by Crippen LogP contribution is 2.67. The Morgan fingerprint density at radius 1 is 1.45 bits per heavy atom. The lowest BCUT2D eigenvalue weighted by Crippen LogP contribution is -2.35. The minimum Gasteiger partial charge on any atom is -0.396 e. The SMILES string of the molecule is CNc1nc(Cl)nc2c1ncn2C1C(O)C(O)C2(CO)CC12. The smallest absolute Gasteiger partial charge is 0.226 e. The molecule has 5 atom stereocenters. The highest BCUT2D eigenvalue weighted by atomic mass is 35.5. The second-order valence-electron chi connectivity index (χ2n) is 6.04. The Kier molecular flexibility index (Phi) is 2.90. The zero-order valence-corrected chi connectivity index (χ0v) is 12.6. The highest BCUT2D eigenvalue weighted by Gasteiger charge is 2.71. The van der Waals surface area contributed by atoms with Crippen LogP contribution in [0.4, 0.5) is 5.82 Å². The summed E-state index contributed by atoms with van der Waals surface area (Å²) >= 11 is 5.95. The van der Waals surface area contributed by atoms with Crippen LogP contribution >= 0.6 is 11.6 Å². The molecule has 5 unspecified atom stereocenters. The van der Waals surface area contributed by atoms with Crippen molar-refractivity contribution in [3.8, 4) is 0 Å². The number of imidazole rings is 1. The molecule has 4 N–H and O–H groups in total. The number of aliphatic hydroxyl groups excluding tert-OH is 3. The third-order valence-electron chi connectivity index (χ3n) is 5.10. The lowest BCUT2D eigenvalue weighted by molar-refractivity contribution is -0.0300. The zero-order chi connectivity index (χ0) is 15.6. The fraction of sp³-hybridized carbons (Fsp3) is 0.615. The number of hydrogen-bond acceptors (Lipinski definition) is 7. The summed E-state index contributed by atoms with van der Waals surface area (Å²) in [4.78, 5) is 12.6. The van der Waals surface area contributed by atoms with Crippen LogP contribution in [0.15, 0.2) is 6.33 Å². The molecule has 9 heteroatoms. The average Bonchev–Trinajstić information content (AvgIpc) is 3.04. The van der Waals surface area contributed by atoms with Gasteiger partial charge < -0.3 is 25.2 Å². The summed E-state index contributed by atoms with van der Waals surface area (Å²) in [6.07, 6.45) is 0.313. The van der Waals surface area contributed by atoms with E-state index < -0.39 is 17.6 Å². The molecule has 0 saturated heterocycles. The highest BCUT2D eigenvalue weighted by molar-refractivity contribution is 6.28. The first-order chi connectivity index (χ1) is 10.5. The summed E-state index contributed by atoms with van der Waals surface area (Å²) in [5, 5.41) is 33.2. The van der Waals surface area contributed by atoms with Gasteiger partial charge in [-0.1, -0.05) is 0 Å². The second-order valence-corrected chi connectivity index (χ2v) is 6.38. The molecule has 0 radical (unpaired) electrons. The van der Waals surface area contributed by atoms with Crippen molar-refractivity contribution in [2.45, 2.75) is 24.7 Å². The number of nitrogens with zero attached hydrogens (tertiary/aromatic N) is 4. The Hall–Kier alpha value is -1.48. The van der Waals surface area contributed by atoms with Gasteiger partial charge in [0.25, 0.3) is 0 Å². The molecule has 0 aromatic carbocycles. The number of anilines is 1. The van der Waals surface area contributed by atoms with Crippen LogP contribution in [0, 0.1) is 11.3 Å². The number of aromatic nitrogens is 4. The molecule has 2 saturated carbocycles. The van der Waals surface area contributed by atoms with Crippen LogP contribution in [0.1, 0.15) is 12.5 Å². The summed E-state index contributed by atoms with van der Waals surface area (Å²) in [5.41, 5.74) is 0.445. The molecule has 2 aliphatic rings. The van der Waals surface area contributed by atoms with Crippen LogP contribution in [-0.4, -0.2) is 60.7 Å². The van der Waals surface area contributed by atoms with Gasteiger partial charge in [-0.25, -0.2) is 4.98 Å². The van der Waals surface area contributed by atoms with Gasteiger partial charge in [-0.2, -0.15) is 9.97 Å². The van der Waals surface area contributed by atoms with Crippen LogP contribution in [0.5, 0.6) is 0 Å². The Morgan fingerprint density at radius 2 is 2.23 bits per heavy atom. The van der Waals surface area contributed by atoms with Crippen LogP contribution < -0.4 is 5.32 Å². The van der Waals surface area contributed by atoms with Gasteiger partial charge >= 0.3 is 0 Å². The molecule has 2 fully saturated rings. The molecule has 2 aromatic rings. The molecule has 0 spiro atoms. The predicted molar refractivity (Wildman–Crippen MR) is 78.6 cm³/mol. The quantitative estimate of drug-likeness (QED) is 0.577. The van der Waals surface area contributed by atoms with Crippen molar-refractivity contribution < 1.29 is 15.3 Å². The number of rotatable bonds is 3. The molecule has 22 heavy (non-hydrogen) atoms. The maximum absolute atomic E-state index is 10.4. The van der Waals surface area contributed by atoms with Crippen molar-refractivity contribution >= 4 is 28.6 Å².